The third kappa shape index (κ3) is 4.65. The first-order chi connectivity index (χ1) is 14.4. The van der Waals surface area contributed by atoms with Gasteiger partial charge in [0.1, 0.15) is 0 Å². The average Bonchev–Trinajstić information content (AvgIpc) is 3.01. The van der Waals surface area contributed by atoms with Gasteiger partial charge in [-0.15, -0.1) is 0 Å². The molecule has 0 radical (unpaired) electrons. The number of hydrogen-bond donors (Lipinski definition) is 1. The van der Waals surface area contributed by atoms with E-state index in [1.165, 1.54) is 16.8 Å². The van der Waals surface area contributed by atoms with Crippen molar-refractivity contribution in [3.8, 4) is 22.3 Å². The molecule has 0 spiro atoms. The van der Waals surface area contributed by atoms with E-state index in [-0.39, 0.29) is 5.91 Å². The molecule has 1 heterocycles. The monoisotopic (exact) mass is 403 g/mol. The quantitative estimate of drug-likeness (QED) is 0.538. The third-order valence-corrected chi connectivity index (χ3v) is 5.63. The second kappa shape index (κ2) is 9.77. The normalized spacial score (nSPS) is 11.2. The van der Waals surface area contributed by atoms with E-state index in [4.69, 9.17) is 5.73 Å². The van der Waals surface area contributed by atoms with Gasteiger partial charge >= 0.3 is 0 Å². The van der Waals surface area contributed by atoms with Crippen LogP contribution in [0.1, 0.15) is 41.5 Å². The molecule has 4 nitrogen and oxygen atoms in total. The van der Waals surface area contributed by atoms with E-state index in [0.717, 1.165) is 49.2 Å². The Balaban J connectivity index is 2.07. The third-order valence-electron chi connectivity index (χ3n) is 5.63. The molecule has 0 saturated carbocycles. The lowest BCUT2D eigenvalue weighted by molar-refractivity contribution is 0.1000. The number of amides is 1. The molecule has 0 unspecified atom stereocenters. The van der Waals surface area contributed by atoms with Gasteiger partial charge in [0.15, 0.2) is 0 Å². The summed E-state index contributed by atoms with van der Waals surface area (Å²) in [7, 11) is 4.17. The van der Waals surface area contributed by atoms with E-state index in [0.29, 0.717) is 5.56 Å². The Morgan fingerprint density at radius 2 is 1.57 bits per heavy atom. The summed E-state index contributed by atoms with van der Waals surface area (Å²) in [5.74, 6) is -0.349. The van der Waals surface area contributed by atoms with Crippen molar-refractivity contribution < 1.29 is 4.79 Å². The highest BCUT2D eigenvalue weighted by Gasteiger charge is 2.24. The predicted molar refractivity (Wildman–Crippen MR) is 126 cm³/mol. The van der Waals surface area contributed by atoms with Gasteiger partial charge in [-0.2, -0.15) is 0 Å². The van der Waals surface area contributed by atoms with E-state index in [9.17, 15) is 4.79 Å². The SMILES string of the molecule is CCCc1c(-c2ccc(-c3ccccc3)cc2)c(C(N)=O)c(C)n1CCCN(C)C. The average molecular weight is 404 g/mol. The van der Waals surface area contributed by atoms with Crippen molar-refractivity contribution in [2.45, 2.75) is 39.7 Å². The van der Waals surface area contributed by atoms with Crippen molar-refractivity contribution in [2.75, 3.05) is 20.6 Å². The molecular weight excluding hydrogens is 370 g/mol. The minimum Gasteiger partial charge on any atom is -0.366 e. The van der Waals surface area contributed by atoms with Gasteiger partial charge < -0.3 is 15.2 Å². The van der Waals surface area contributed by atoms with Crippen LogP contribution in [0.4, 0.5) is 0 Å². The molecule has 0 aliphatic carbocycles. The Morgan fingerprint density at radius 1 is 0.967 bits per heavy atom. The lowest BCUT2D eigenvalue weighted by Gasteiger charge is -2.15. The largest absolute Gasteiger partial charge is 0.366 e. The second-order valence-corrected chi connectivity index (χ2v) is 8.15. The van der Waals surface area contributed by atoms with Crippen molar-refractivity contribution in [3.63, 3.8) is 0 Å². The van der Waals surface area contributed by atoms with Gasteiger partial charge in [0.25, 0.3) is 5.91 Å². The maximum absolute atomic E-state index is 12.5. The zero-order chi connectivity index (χ0) is 21.7. The minimum atomic E-state index is -0.349. The molecule has 2 aromatic carbocycles. The molecule has 0 aliphatic heterocycles. The van der Waals surface area contributed by atoms with E-state index >= 15 is 0 Å². The molecule has 158 valence electrons. The van der Waals surface area contributed by atoms with E-state index in [1.807, 2.05) is 25.1 Å². The first-order valence-corrected chi connectivity index (χ1v) is 10.8. The van der Waals surface area contributed by atoms with Crippen LogP contribution in [0.3, 0.4) is 0 Å². The van der Waals surface area contributed by atoms with Crippen LogP contribution in [-0.2, 0) is 13.0 Å². The number of hydrogen-bond acceptors (Lipinski definition) is 2. The summed E-state index contributed by atoms with van der Waals surface area (Å²) in [6.45, 7) is 6.10. The number of nitrogens with two attached hydrogens (primary N) is 1. The summed E-state index contributed by atoms with van der Waals surface area (Å²) in [6.07, 6.45) is 2.97. The maximum Gasteiger partial charge on any atom is 0.251 e. The Labute approximate surface area is 180 Å². The topological polar surface area (TPSA) is 51.3 Å². The first-order valence-electron chi connectivity index (χ1n) is 10.8. The fourth-order valence-corrected chi connectivity index (χ4v) is 4.21. The fraction of sp³-hybridized carbons (Fsp3) is 0.346. The molecule has 4 heteroatoms. The summed E-state index contributed by atoms with van der Waals surface area (Å²) >= 11 is 0. The highest BCUT2D eigenvalue weighted by atomic mass is 16.1. The van der Waals surface area contributed by atoms with Crippen molar-refractivity contribution >= 4 is 5.91 Å². The van der Waals surface area contributed by atoms with Crippen LogP contribution in [-0.4, -0.2) is 36.0 Å². The van der Waals surface area contributed by atoms with Gasteiger partial charge in [-0.3, -0.25) is 4.79 Å². The molecule has 30 heavy (non-hydrogen) atoms. The Kier molecular flexibility index (Phi) is 7.11. The van der Waals surface area contributed by atoms with Crippen LogP contribution in [0.25, 0.3) is 22.3 Å². The first kappa shape index (κ1) is 21.8. The highest BCUT2D eigenvalue weighted by Crippen LogP contribution is 2.35. The highest BCUT2D eigenvalue weighted by molar-refractivity contribution is 6.02. The molecule has 0 fully saturated rings. The maximum atomic E-state index is 12.5. The van der Waals surface area contributed by atoms with Gasteiger partial charge in [-0.05, 0) is 57.1 Å². The Hall–Kier alpha value is -2.85. The van der Waals surface area contributed by atoms with E-state index in [2.05, 4.69) is 66.9 Å². The molecule has 0 atom stereocenters. The van der Waals surface area contributed by atoms with E-state index < -0.39 is 0 Å². The molecule has 1 amide bonds. The fourth-order valence-electron chi connectivity index (χ4n) is 4.21. The smallest absolute Gasteiger partial charge is 0.251 e. The zero-order valence-electron chi connectivity index (χ0n) is 18.6. The molecular formula is C26H33N3O. The number of nitrogens with zero attached hydrogens (tertiary/aromatic N) is 2. The Bertz CT molecular complexity index is 985. The number of primary amides is 1. The lowest BCUT2D eigenvalue weighted by Crippen LogP contribution is -2.17. The van der Waals surface area contributed by atoms with Crippen LogP contribution < -0.4 is 5.73 Å². The van der Waals surface area contributed by atoms with Crippen molar-refractivity contribution in [2.24, 2.45) is 5.73 Å². The van der Waals surface area contributed by atoms with Gasteiger partial charge in [0, 0.05) is 23.5 Å². The van der Waals surface area contributed by atoms with Gasteiger partial charge in [0.05, 0.1) is 5.56 Å². The summed E-state index contributed by atoms with van der Waals surface area (Å²) < 4.78 is 2.31. The molecule has 0 bridgehead atoms. The second-order valence-electron chi connectivity index (χ2n) is 8.15. The van der Waals surface area contributed by atoms with Crippen molar-refractivity contribution in [3.05, 3.63) is 71.5 Å². The van der Waals surface area contributed by atoms with Crippen LogP contribution in [0.2, 0.25) is 0 Å². The number of benzene rings is 2. The summed E-state index contributed by atoms with van der Waals surface area (Å²) in [6, 6.07) is 18.8. The molecule has 0 saturated heterocycles. The summed E-state index contributed by atoms with van der Waals surface area (Å²) in [5.41, 5.74) is 13.1. The van der Waals surface area contributed by atoms with E-state index in [1.54, 1.807) is 0 Å². The number of carbonyl (C=O) groups excluding carboxylic acids is 1. The van der Waals surface area contributed by atoms with Crippen molar-refractivity contribution in [1.82, 2.24) is 9.47 Å². The minimum absolute atomic E-state index is 0.349. The zero-order valence-corrected chi connectivity index (χ0v) is 18.6. The summed E-state index contributed by atoms with van der Waals surface area (Å²) in [5, 5.41) is 0. The summed E-state index contributed by atoms with van der Waals surface area (Å²) in [4.78, 5) is 14.6. The predicted octanol–water partition coefficient (Wildman–Crippen LogP) is 5.13. The number of rotatable bonds is 9. The molecule has 2 N–H and O–H groups in total. The molecule has 0 aliphatic rings. The van der Waals surface area contributed by atoms with Crippen molar-refractivity contribution in [1.29, 1.82) is 0 Å². The van der Waals surface area contributed by atoms with Gasteiger partial charge in [-0.25, -0.2) is 0 Å². The number of carbonyl (C=O) groups is 1. The van der Waals surface area contributed by atoms with Crippen LogP contribution >= 0.6 is 0 Å². The van der Waals surface area contributed by atoms with Crippen LogP contribution in [0.5, 0.6) is 0 Å². The van der Waals surface area contributed by atoms with Gasteiger partial charge in [0.2, 0.25) is 0 Å². The number of aromatic nitrogens is 1. The molecule has 1 aromatic heterocycles. The molecule has 3 aromatic rings. The van der Waals surface area contributed by atoms with Gasteiger partial charge in [-0.1, -0.05) is 67.9 Å². The molecule has 3 rings (SSSR count). The Morgan fingerprint density at radius 3 is 2.13 bits per heavy atom. The lowest BCUT2D eigenvalue weighted by atomic mass is 9.96. The van der Waals surface area contributed by atoms with Crippen LogP contribution in [0.15, 0.2) is 54.6 Å². The van der Waals surface area contributed by atoms with Crippen LogP contribution in [0, 0.1) is 6.92 Å². The standard InChI is InChI=1S/C26H33N3O/c1-5-10-23-25(22-15-13-21(14-16-22)20-11-7-6-8-12-20)24(26(27)30)19(2)29(23)18-9-17-28(3)4/h6-8,11-16H,5,9-10,17-18H2,1-4H3,(H2,27,30).